The summed E-state index contributed by atoms with van der Waals surface area (Å²) in [5, 5.41) is 3.50. The van der Waals surface area contributed by atoms with Crippen molar-refractivity contribution in [3.63, 3.8) is 0 Å². The second-order valence-electron chi connectivity index (χ2n) is 7.44. The fourth-order valence-corrected chi connectivity index (χ4v) is 3.40. The number of fused-ring (bicyclic) bond motifs is 1. The maximum absolute atomic E-state index is 13.0. The molecule has 0 atom stereocenters. The highest BCUT2D eigenvalue weighted by molar-refractivity contribution is 5.98. The Morgan fingerprint density at radius 2 is 1.87 bits per heavy atom. The predicted octanol–water partition coefficient (Wildman–Crippen LogP) is 4.49. The first-order valence-corrected chi connectivity index (χ1v) is 10.2. The van der Waals surface area contributed by atoms with Crippen LogP contribution < -0.4 is 15.6 Å². The lowest BCUT2D eigenvalue weighted by molar-refractivity contribution is 0.0949. The molecule has 0 aliphatic carbocycles. The monoisotopic (exact) mass is 410 g/mol. The molecule has 0 spiro atoms. The van der Waals surface area contributed by atoms with Crippen molar-refractivity contribution in [2.75, 3.05) is 6.61 Å². The fourth-order valence-electron chi connectivity index (χ4n) is 3.40. The summed E-state index contributed by atoms with van der Waals surface area (Å²) in [6, 6.07) is 11.3. The van der Waals surface area contributed by atoms with E-state index in [9.17, 15) is 14.0 Å². The van der Waals surface area contributed by atoms with Crippen molar-refractivity contribution in [2.45, 2.75) is 39.7 Å². The van der Waals surface area contributed by atoms with Crippen molar-refractivity contribution in [3.8, 4) is 5.75 Å². The number of hydrogen-bond donors (Lipinski definition) is 1. The molecule has 1 aromatic heterocycles. The zero-order valence-electron chi connectivity index (χ0n) is 17.6. The van der Waals surface area contributed by atoms with E-state index in [0.29, 0.717) is 17.9 Å². The van der Waals surface area contributed by atoms with Crippen LogP contribution in [0.1, 0.15) is 47.7 Å². The van der Waals surface area contributed by atoms with E-state index in [1.807, 2.05) is 19.1 Å². The van der Waals surface area contributed by atoms with E-state index in [2.05, 4.69) is 12.2 Å². The molecule has 0 aliphatic rings. The summed E-state index contributed by atoms with van der Waals surface area (Å²) < 4.78 is 20.5. The average Bonchev–Trinajstić information content (AvgIpc) is 2.74. The van der Waals surface area contributed by atoms with Gasteiger partial charge in [-0.2, -0.15) is 0 Å². The van der Waals surface area contributed by atoms with Gasteiger partial charge < -0.3 is 14.6 Å². The maximum atomic E-state index is 13.0. The number of amides is 1. The second-order valence-corrected chi connectivity index (χ2v) is 7.44. The number of aromatic nitrogens is 1. The van der Waals surface area contributed by atoms with Gasteiger partial charge >= 0.3 is 0 Å². The molecule has 0 bridgehead atoms. The van der Waals surface area contributed by atoms with E-state index in [1.165, 1.54) is 16.7 Å². The third-order valence-corrected chi connectivity index (χ3v) is 5.14. The molecule has 30 heavy (non-hydrogen) atoms. The molecule has 0 radical (unpaired) electrons. The van der Waals surface area contributed by atoms with Crippen molar-refractivity contribution in [2.24, 2.45) is 7.05 Å². The maximum Gasteiger partial charge on any atom is 0.263 e. The van der Waals surface area contributed by atoms with E-state index in [0.717, 1.165) is 35.8 Å². The van der Waals surface area contributed by atoms with Crippen molar-refractivity contribution in [3.05, 3.63) is 75.3 Å². The lowest BCUT2D eigenvalue weighted by atomic mass is 10.1. The van der Waals surface area contributed by atoms with E-state index in [1.54, 1.807) is 25.2 Å². The highest BCUT2D eigenvalue weighted by Crippen LogP contribution is 2.29. The van der Waals surface area contributed by atoms with Crippen LogP contribution in [0.25, 0.3) is 10.9 Å². The number of pyridine rings is 1. The molecule has 0 fully saturated rings. The predicted molar refractivity (Wildman–Crippen MR) is 117 cm³/mol. The minimum atomic E-state index is -0.465. The van der Waals surface area contributed by atoms with Crippen LogP contribution in [0.3, 0.4) is 0 Å². The Labute approximate surface area is 175 Å². The van der Waals surface area contributed by atoms with Crippen LogP contribution in [0, 0.1) is 12.7 Å². The minimum Gasteiger partial charge on any atom is -0.491 e. The number of benzene rings is 2. The zero-order chi connectivity index (χ0) is 21.7. The van der Waals surface area contributed by atoms with E-state index in [-0.39, 0.29) is 23.5 Å². The number of hydrogen-bond acceptors (Lipinski definition) is 3. The second kappa shape index (κ2) is 9.57. The Morgan fingerprint density at radius 3 is 2.57 bits per heavy atom. The van der Waals surface area contributed by atoms with Gasteiger partial charge in [0, 0.05) is 19.0 Å². The summed E-state index contributed by atoms with van der Waals surface area (Å²) >= 11 is 0. The number of unbranched alkanes of at least 4 members (excludes halogenated alkanes) is 2. The van der Waals surface area contributed by atoms with Crippen LogP contribution in [0.5, 0.6) is 5.75 Å². The Morgan fingerprint density at radius 1 is 1.13 bits per heavy atom. The molecule has 0 saturated heterocycles. The van der Waals surface area contributed by atoms with Gasteiger partial charge in [0.25, 0.3) is 11.5 Å². The summed E-state index contributed by atoms with van der Waals surface area (Å²) in [5.74, 6) is -0.120. The third-order valence-electron chi connectivity index (χ3n) is 5.14. The van der Waals surface area contributed by atoms with E-state index >= 15 is 0 Å². The van der Waals surface area contributed by atoms with Crippen LogP contribution in [0.15, 0.2) is 47.3 Å². The number of ether oxygens (including phenoxy) is 1. The molecule has 1 heterocycles. The van der Waals surface area contributed by atoms with Crippen LogP contribution in [0.4, 0.5) is 4.39 Å². The smallest absolute Gasteiger partial charge is 0.263 e. The largest absolute Gasteiger partial charge is 0.491 e. The Hall–Kier alpha value is -3.15. The Balaban J connectivity index is 1.88. The van der Waals surface area contributed by atoms with Crippen molar-refractivity contribution in [1.29, 1.82) is 0 Å². The molecule has 158 valence electrons. The molecule has 2 aromatic carbocycles. The number of carbonyl (C=O) groups is 1. The highest BCUT2D eigenvalue weighted by Gasteiger charge is 2.17. The van der Waals surface area contributed by atoms with Crippen LogP contribution >= 0.6 is 0 Å². The number of carbonyl (C=O) groups excluding carboxylic acids is 1. The first-order chi connectivity index (χ1) is 14.4. The summed E-state index contributed by atoms with van der Waals surface area (Å²) in [6.07, 6.45) is 3.14. The van der Waals surface area contributed by atoms with Crippen LogP contribution in [0.2, 0.25) is 0 Å². The molecule has 3 aromatic rings. The SMILES string of the molecule is CCCCCOc1c(C)ccc2cc(C(=O)NCc3ccc(F)cc3)c(=O)n(C)c12. The molecular formula is C24H27FN2O3. The van der Waals surface area contributed by atoms with Gasteiger partial charge in [-0.05, 0) is 42.7 Å². The van der Waals surface area contributed by atoms with Crippen molar-refractivity contribution >= 4 is 16.8 Å². The molecular weight excluding hydrogens is 383 g/mol. The third kappa shape index (κ3) is 4.70. The number of rotatable bonds is 8. The molecule has 5 nitrogen and oxygen atoms in total. The fraction of sp³-hybridized carbons (Fsp3) is 0.333. The van der Waals surface area contributed by atoms with Gasteiger partial charge in [0.15, 0.2) is 0 Å². The Kier molecular flexibility index (Phi) is 6.87. The van der Waals surface area contributed by atoms with Gasteiger partial charge in [0.2, 0.25) is 0 Å². The quantitative estimate of drug-likeness (QED) is 0.557. The van der Waals surface area contributed by atoms with E-state index < -0.39 is 5.91 Å². The minimum absolute atomic E-state index is 0.0629. The first-order valence-electron chi connectivity index (χ1n) is 10.2. The average molecular weight is 410 g/mol. The standard InChI is InChI=1S/C24H27FN2O3/c1-4-5-6-13-30-22-16(2)7-10-18-14-20(24(29)27(3)21(18)22)23(28)26-15-17-8-11-19(25)12-9-17/h7-12,14H,4-6,13,15H2,1-3H3,(H,26,28). The molecule has 0 saturated carbocycles. The molecule has 3 rings (SSSR count). The number of nitrogens with zero attached hydrogens (tertiary/aromatic N) is 1. The molecule has 0 aliphatic heterocycles. The van der Waals surface area contributed by atoms with Gasteiger partial charge in [-0.15, -0.1) is 0 Å². The Bertz CT molecular complexity index is 1100. The summed E-state index contributed by atoms with van der Waals surface area (Å²) in [4.78, 5) is 25.6. The topological polar surface area (TPSA) is 60.3 Å². The number of nitrogens with one attached hydrogen (secondary N) is 1. The highest BCUT2D eigenvalue weighted by atomic mass is 19.1. The molecule has 1 N–H and O–H groups in total. The summed E-state index contributed by atoms with van der Waals surface area (Å²) in [5.41, 5.74) is 2.06. The zero-order valence-corrected chi connectivity index (χ0v) is 17.6. The molecule has 6 heteroatoms. The summed E-state index contributed by atoms with van der Waals surface area (Å²) in [7, 11) is 1.65. The van der Waals surface area contributed by atoms with Gasteiger partial charge in [-0.25, -0.2) is 4.39 Å². The lowest BCUT2D eigenvalue weighted by Crippen LogP contribution is -2.32. The normalized spacial score (nSPS) is 10.9. The van der Waals surface area contributed by atoms with Crippen LogP contribution in [-0.2, 0) is 13.6 Å². The molecule has 0 unspecified atom stereocenters. The number of halogens is 1. The van der Waals surface area contributed by atoms with Gasteiger partial charge in [-0.3, -0.25) is 9.59 Å². The molecule has 1 amide bonds. The summed E-state index contributed by atoms with van der Waals surface area (Å²) in [6.45, 7) is 4.87. The number of aryl methyl sites for hydroxylation is 2. The van der Waals surface area contributed by atoms with Gasteiger partial charge in [0.1, 0.15) is 17.1 Å². The van der Waals surface area contributed by atoms with Crippen molar-refractivity contribution in [1.82, 2.24) is 9.88 Å². The lowest BCUT2D eigenvalue weighted by Gasteiger charge is -2.16. The van der Waals surface area contributed by atoms with Gasteiger partial charge in [0.05, 0.1) is 12.1 Å². The van der Waals surface area contributed by atoms with E-state index in [4.69, 9.17) is 4.74 Å². The van der Waals surface area contributed by atoms with Crippen LogP contribution in [-0.4, -0.2) is 17.1 Å². The first kappa shape index (κ1) is 21.6. The van der Waals surface area contributed by atoms with Gasteiger partial charge in [-0.1, -0.05) is 44.0 Å². The van der Waals surface area contributed by atoms with Crippen molar-refractivity contribution < 1.29 is 13.9 Å².